The Morgan fingerprint density at radius 2 is 2.15 bits per heavy atom. The second kappa shape index (κ2) is 8.02. The van der Waals surface area contributed by atoms with Crippen LogP contribution in [0.2, 0.25) is 0 Å². The minimum absolute atomic E-state index is 0.0703. The molecule has 0 spiro atoms. The molecule has 27 heavy (non-hydrogen) atoms. The normalized spacial score (nSPS) is 12.3. The maximum Gasteiger partial charge on any atom is 0.236 e. The van der Waals surface area contributed by atoms with Gasteiger partial charge in [-0.05, 0) is 48.0 Å². The second-order valence-electron chi connectivity index (χ2n) is 5.97. The highest BCUT2D eigenvalue weighted by atomic mass is 32.2. The van der Waals surface area contributed by atoms with Crippen LogP contribution in [-0.4, -0.2) is 30.4 Å². The molecular formula is C20H18N2O3S2. The fourth-order valence-corrected chi connectivity index (χ4v) is 4.22. The van der Waals surface area contributed by atoms with Crippen LogP contribution in [0.1, 0.15) is 5.56 Å². The first-order chi connectivity index (χ1) is 13.2. The molecule has 0 bridgehead atoms. The number of thiazole rings is 1. The molecule has 1 aliphatic heterocycles. The van der Waals surface area contributed by atoms with Crippen molar-refractivity contribution in [3.63, 3.8) is 0 Å². The van der Waals surface area contributed by atoms with Crippen molar-refractivity contribution in [2.75, 3.05) is 24.8 Å². The highest BCUT2D eigenvalue weighted by molar-refractivity contribution is 8.00. The second-order valence-corrected chi connectivity index (χ2v) is 7.88. The van der Waals surface area contributed by atoms with Gasteiger partial charge in [-0.1, -0.05) is 0 Å². The lowest BCUT2D eigenvalue weighted by Crippen LogP contribution is -2.13. The molecule has 0 saturated carbocycles. The number of carbonyl (C=O) groups excluding carboxylic acids is 1. The number of fused-ring (bicyclic) bond motifs is 1. The third kappa shape index (κ3) is 4.26. The number of hydrogen-bond acceptors (Lipinski definition) is 6. The number of nitrogens with one attached hydrogen (secondary N) is 1. The summed E-state index contributed by atoms with van der Waals surface area (Å²) in [5.41, 5.74) is 3.12. The highest BCUT2D eigenvalue weighted by Crippen LogP contribution is 2.32. The van der Waals surface area contributed by atoms with E-state index in [1.165, 1.54) is 28.7 Å². The summed E-state index contributed by atoms with van der Waals surface area (Å²) in [4.78, 5) is 17.8. The number of nitrogens with zero attached hydrogens (tertiary/aromatic N) is 1. The predicted molar refractivity (Wildman–Crippen MR) is 109 cm³/mol. The van der Waals surface area contributed by atoms with E-state index in [2.05, 4.69) is 16.4 Å². The number of thioether (sulfide) groups is 1. The average molecular weight is 399 g/mol. The summed E-state index contributed by atoms with van der Waals surface area (Å²) < 4.78 is 10.7. The van der Waals surface area contributed by atoms with E-state index >= 15 is 0 Å². The molecular weight excluding hydrogens is 380 g/mol. The van der Waals surface area contributed by atoms with Crippen LogP contribution in [0.3, 0.4) is 0 Å². The third-order valence-electron chi connectivity index (χ3n) is 4.17. The minimum Gasteiger partial charge on any atom is -0.497 e. The Morgan fingerprint density at radius 3 is 2.96 bits per heavy atom. The number of amides is 1. The van der Waals surface area contributed by atoms with Gasteiger partial charge in [-0.15, -0.1) is 23.1 Å². The zero-order valence-corrected chi connectivity index (χ0v) is 16.4. The van der Waals surface area contributed by atoms with Gasteiger partial charge in [0.2, 0.25) is 5.91 Å². The molecule has 0 saturated heterocycles. The van der Waals surface area contributed by atoms with Gasteiger partial charge in [-0.25, -0.2) is 4.98 Å². The lowest BCUT2D eigenvalue weighted by molar-refractivity contribution is -0.113. The maximum atomic E-state index is 12.2. The van der Waals surface area contributed by atoms with Crippen LogP contribution in [0.4, 0.5) is 5.13 Å². The van der Waals surface area contributed by atoms with Gasteiger partial charge in [0.05, 0.1) is 25.2 Å². The summed E-state index contributed by atoms with van der Waals surface area (Å²) in [5, 5.41) is 5.45. The van der Waals surface area contributed by atoms with Gasteiger partial charge < -0.3 is 14.8 Å². The third-order valence-corrected chi connectivity index (χ3v) is 5.93. The molecule has 1 N–H and O–H groups in total. The molecule has 1 amide bonds. The molecule has 0 atom stereocenters. The number of hydrogen-bond donors (Lipinski definition) is 1. The van der Waals surface area contributed by atoms with Crippen LogP contribution >= 0.6 is 23.1 Å². The summed E-state index contributed by atoms with van der Waals surface area (Å²) in [6.07, 6.45) is 0.930. The summed E-state index contributed by atoms with van der Waals surface area (Å²) in [6, 6.07) is 13.8. The van der Waals surface area contributed by atoms with Crippen molar-refractivity contribution in [1.29, 1.82) is 0 Å². The molecule has 1 aliphatic rings. The number of benzene rings is 2. The number of anilines is 1. The van der Waals surface area contributed by atoms with Gasteiger partial charge in [0.15, 0.2) is 5.13 Å². The van der Waals surface area contributed by atoms with Gasteiger partial charge in [0.1, 0.15) is 11.5 Å². The van der Waals surface area contributed by atoms with Gasteiger partial charge in [-0.2, -0.15) is 0 Å². The molecule has 7 heteroatoms. The first-order valence-corrected chi connectivity index (χ1v) is 10.4. The lowest BCUT2D eigenvalue weighted by Gasteiger charge is -2.04. The summed E-state index contributed by atoms with van der Waals surface area (Å²) in [5.74, 6) is 2.02. The standard InChI is InChI=1S/C20H18N2O3S2/c1-24-15-3-5-16(6-4-15)26-12-19(23)22-20-21-17(11-27-20)13-2-7-18-14(10-13)8-9-25-18/h2-7,10-11H,8-9,12H2,1H3,(H,21,22,23). The molecule has 0 unspecified atom stereocenters. The molecule has 138 valence electrons. The Bertz CT molecular complexity index is 954. The van der Waals surface area contributed by atoms with Gasteiger partial charge in [-0.3, -0.25) is 4.79 Å². The molecule has 2 heterocycles. The number of rotatable bonds is 6. The van der Waals surface area contributed by atoms with Crippen molar-refractivity contribution < 1.29 is 14.3 Å². The Labute approximate surface area is 165 Å². The fourth-order valence-electron chi connectivity index (χ4n) is 2.79. The van der Waals surface area contributed by atoms with E-state index in [0.29, 0.717) is 10.9 Å². The molecule has 5 nitrogen and oxygen atoms in total. The van der Waals surface area contributed by atoms with Crippen molar-refractivity contribution in [2.45, 2.75) is 11.3 Å². The average Bonchev–Trinajstić information content (AvgIpc) is 3.35. The van der Waals surface area contributed by atoms with E-state index in [1.807, 2.05) is 41.8 Å². The van der Waals surface area contributed by atoms with Crippen molar-refractivity contribution in [3.05, 3.63) is 53.4 Å². The quantitative estimate of drug-likeness (QED) is 0.620. The predicted octanol–water partition coefficient (Wildman–Crippen LogP) is 4.48. The van der Waals surface area contributed by atoms with Crippen molar-refractivity contribution in [3.8, 4) is 22.8 Å². The molecule has 4 rings (SSSR count). The minimum atomic E-state index is -0.0703. The largest absolute Gasteiger partial charge is 0.497 e. The number of ether oxygens (including phenoxy) is 2. The van der Waals surface area contributed by atoms with E-state index in [-0.39, 0.29) is 5.91 Å². The SMILES string of the molecule is COc1ccc(SCC(=O)Nc2nc(-c3ccc4c(c3)CCO4)cs2)cc1. The van der Waals surface area contributed by atoms with Crippen molar-refractivity contribution >= 4 is 34.1 Å². The highest BCUT2D eigenvalue weighted by Gasteiger charge is 2.14. The molecule has 3 aromatic rings. The summed E-state index contributed by atoms with van der Waals surface area (Å²) in [6.45, 7) is 0.739. The first kappa shape index (κ1) is 17.9. The van der Waals surface area contributed by atoms with Gasteiger partial charge in [0.25, 0.3) is 0 Å². The number of carbonyl (C=O) groups is 1. The van der Waals surface area contributed by atoms with E-state index in [9.17, 15) is 4.79 Å². The van der Waals surface area contributed by atoms with Crippen LogP contribution in [0.25, 0.3) is 11.3 Å². The van der Waals surface area contributed by atoms with Gasteiger partial charge >= 0.3 is 0 Å². The van der Waals surface area contributed by atoms with E-state index in [0.717, 1.165) is 40.7 Å². The van der Waals surface area contributed by atoms with Crippen LogP contribution in [-0.2, 0) is 11.2 Å². The van der Waals surface area contributed by atoms with Crippen molar-refractivity contribution in [2.24, 2.45) is 0 Å². The topological polar surface area (TPSA) is 60.5 Å². The van der Waals surface area contributed by atoms with E-state index in [1.54, 1.807) is 7.11 Å². The monoisotopic (exact) mass is 398 g/mol. The Hall–Kier alpha value is -2.51. The van der Waals surface area contributed by atoms with Gasteiger partial charge in [0, 0.05) is 22.3 Å². The van der Waals surface area contributed by atoms with Crippen LogP contribution in [0.15, 0.2) is 52.7 Å². The Balaban J connectivity index is 1.35. The van der Waals surface area contributed by atoms with Crippen LogP contribution in [0, 0.1) is 0 Å². The number of aromatic nitrogens is 1. The smallest absolute Gasteiger partial charge is 0.236 e. The lowest BCUT2D eigenvalue weighted by atomic mass is 10.1. The molecule has 0 fully saturated rings. The van der Waals surface area contributed by atoms with Crippen LogP contribution < -0.4 is 14.8 Å². The fraction of sp³-hybridized carbons (Fsp3) is 0.200. The Morgan fingerprint density at radius 1 is 1.30 bits per heavy atom. The van der Waals surface area contributed by atoms with Crippen molar-refractivity contribution in [1.82, 2.24) is 4.98 Å². The summed E-state index contributed by atoms with van der Waals surface area (Å²) >= 11 is 2.91. The molecule has 0 radical (unpaired) electrons. The van der Waals surface area contributed by atoms with E-state index in [4.69, 9.17) is 9.47 Å². The Kier molecular flexibility index (Phi) is 5.31. The van der Waals surface area contributed by atoms with Crippen LogP contribution in [0.5, 0.6) is 11.5 Å². The molecule has 0 aliphatic carbocycles. The molecule has 2 aromatic carbocycles. The first-order valence-electron chi connectivity index (χ1n) is 8.49. The zero-order valence-electron chi connectivity index (χ0n) is 14.7. The zero-order chi connectivity index (χ0) is 18.6. The molecule has 1 aromatic heterocycles. The summed E-state index contributed by atoms with van der Waals surface area (Å²) in [7, 11) is 1.63. The maximum absolute atomic E-state index is 12.2. The van der Waals surface area contributed by atoms with E-state index < -0.39 is 0 Å². The number of methoxy groups -OCH3 is 1.